The standard InChI is InChI=1S/C14H7Cl2N3S/c15-9-2-4-12(10(16)6-9)19-13-5-8(7-17)1-3-11(13)18-14(19)20/h1-6H,(H,18,20). The van der Waals surface area contributed by atoms with Gasteiger partial charge in [0.25, 0.3) is 0 Å². The maximum Gasteiger partial charge on any atom is 0.182 e. The van der Waals surface area contributed by atoms with Crippen LogP contribution in [0.15, 0.2) is 36.4 Å². The first-order valence-corrected chi connectivity index (χ1v) is 6.87. The van der Waals surface area contributed by atoms with Crippen molar-refractivity contribution in [2.45, 2.75) is 0 Å². The van der Waals surface area contributed by atoms with Crippen LogP contribution in [0.25, 0.3) is 16.7 Å². The predicted octanol–water partition coefficient (Wildman–Crippen LogP) is 4.87. The topological polar surface area (TPSA) is 44.5 Å². The van der Waals surface area contributed by atoms with Gasteiger partial charge in [0.05, 0.1) is 33.4 Å². The summed E-state index contributed by atoms with van der Waals surface area (Å²) in [6.07, 6.45) is 0. The van der Waals surface area contributed by atoms with Crippen molar-refractivity contribution >= 4 is 46.5 Å². The van der Waals surface area contributed by atoms with Gasteiger partial charge in [-0.05, 0) is 48.6 Å². The Balaban J connectivity index is 2.38. The molecule has 0 saturated heterocycles. The van der Waals surface area contributed by atoms with Crippen LogP contribution in [-0.4, -0.2) is 9.55 Å². The minimum absolute atomic E-state index is 0.497. The van der Waals surface area contributed by atoms with E-state index in [1.165, 1.54) is 0 Å². The molecule has 3 nitrogen and oxygen atoms in total. The van der Waals surface area contributed by atoms with Crippen LogP contribution >= 0.6 is 35.4 Å². The lowest BCUT2D eigenvalue weighted by atomic mass is 10.2. The van der Waals surface area contributed by atoms with Gasteiger partial charge in [0.2, 0.25) is 0 Å². The van der Waals surface area contributed by atoms with E-state index in [0.717, 1.165) is 16.7 Å². The Bertz CT molecular complexity index is 918. The van der Waals surface area contributed by atoms with E-state index in [1.54, 1.807) is 34.9 Å². The molecule has 2 aromatic carbocycles. The van der Waals surface area contributed by atoms with E-state index in [4.69, 9.17) is 40.7 Å². The fourth-order valence-electron chi connectivity index (χ4n) is 2.07. The van der Waals surface area contributed by atoms with E-state index >= 15 is 0 Å². The van der Waals surface area contributed by atoms with Gasteiger partial charge in [-0.1, -0.05) is 23.2 Å². The number of nitrogens with zero attached hydrogens (tertiary/aromatic N) is 2. The largest absolute Gasteiger partial charge is 0.330 e. The molecule has 0 radical (unpaired) electrons. The number of rotatable bonds is 1. The number of imidazole rings is 1. The first-order valence-electron chi connectivity index (χ1n) is 5.70. The summed E-state index contributed by atoms with van der Waals surface area (Å²) in [7, 11) is 0. The molecule has 6 heteroatoms. The molecular weight excluding hydrogens is 313 g/mol. The highest BCUT2D eigenvalue weighted by Gasteiger charge is 2.10. The fraction of sp³-hybridized carbons (Fsp3) is 0. The highest BCUT2D eigenvalue weighted by Crippen LogP contribution is 2.28. The van der Waals surface area contributed by atoms with Crippen LogP contribution in [0.4, 0.5) is 0 Å². The van der Waals surface area contributed by atoms with Gasteiger partial charge in [-0.25, -0.2) is 0 Å². The molecule has 1 N–H and O–H groups in total. The van der Waals surface area contributed by atoms with Crippen molar-refractivity contribution in [3.63, 3.8) is 0 Å². The summed E-state index contributed by atoms with van der Waals surface area (Å²) in [6.45, 7) is 0. The zero-order valence-corrected chi connectivity index (χ0v) is 12.4. The number of fused-ring (bicyclic) bond motifs is 1. The van der Waals surface area contributed by atoms with E-state index < -0.39 is 0 Å². The van der Waals surface area contributed by atoms with Crippen LogP contribution in [-0.2, 0) is 0 Å². The molecule has 0 aliphatic rings. The summed E-state index contributed by atoms with van der Waals surface area (Å²) < 4.78 is 2.31. The second-order valence-electron chi connectivity index (χ2n) is 4.21. The summed E-state index contributed by atoms with van der Waals surface area (Å²) in [5, 5.41) is 10.1. The lowest BCUT2D eigenvalue weighted by molar-refractivity contribution is 1.06. The first kappa shape index (κ1) is 13.2. The summed E-state index contributed by atoms with van der Waals surface area (Å²) in [6, 6.07) is 12.7. The Hall–Kier alpha value is -1.80. The molecule has 0 fully saturated rings. The molecule has 0 spiro atoms. The number of nitrogens with one attached hydrogen (secondary N) is 1. The molecule has 0 bridgehead atoms. The maximum absolute atomic E-state index is 9.02. The van der Waals surface area contributed by atoms with Crippen molar-refractivity contribution in [1.29, 1.82) is 5.26 Å². The molecule has 1 aromatic heterocycles. The highest BCUT2D eigenvalue weighted by atomic mass is 35.5. The van der Waals surface area contributed by atoms with Crippen LogP contribution in [0.5, 0.6) is 0 Å². The van der Waals surface area contributed by atoms with Crippen molar-refractivity contribution in [1.82, 2.24) is 9.55 Å². The average molecular weight is 320 g/mol. The van der Waals surface area contributed by atoms with Crippen molar-refractivity contribution in [3.05, 3.63) is 56.8 Å². The zero-order valence-electron chi connectivity index (χ0n) is 10.0. The van der Waals surface area contributed by atoms with E-state index in [-0.39, 0.29) is 0 Å². The van der Waals surface area contributed by atoms with Gasteiger partial charge in [0.15, 0.2) is 4.77 Å². The second-order valence-corrected chi connectivity index (χ2v) is 5.44. The van der Waals surface area contributed by atoms with Crippen LogP contribution < -0.4 is 0 Å². The molecule has 20 heavy (non-hydrogen) atoms. The monoisotopic (exact) mass is 319 g/mol. The molecule has 98 valence electrons. The number of hydrogen-bond donors (Lipinski definition) is 1. The number of nitriles is 1. The van der Waals surface area contributed by atoms with Gasteiger partial charge >= 0.3 is 0 Å². The number of aromatic nitrogens is 2. The number of halogens is 2. The normalized spacial score (nSPS) is 10.7. The van der Waals surface area contributed by atoms with Gasteiger partial charge in [-0.15, -0.1) is 0 Å². The van der Waals surface area contributed by atoms with Gasteiger partial charge in [0, 0.05) is 5.02 Å². The average Bonchev–Trinajstić information content (AvgIpc) is 2.74. The first-order chi connectivity index (χ1) is 9.60. The lowest BCUT2D eigenvalue weighted by Crippen LogP contribution is -1.95. The Labute approximate surface area is 130 Å². The van der Waals surface area contributed by atoms with E-state index in [1.807, 2.05) is 6.07 Å². The van der Waals surface area contributed by atoms with Gasteiger partial charge < -0.3 is 4.98 Å². The minimum atomic E-state index is 0.497. The van der Waals surface area contributed by atoms with E-state index in [2.05, 4.69) is 11.1 Å². The summed E-state index contributed by atoms with van der Waals surface area (Å²) in [5.74, 6) is 0. The van der Waals surface area contributed by atoms with E-state index in [0.29, 0.717) is 20.4 Å². The van der Waals surface area contributed by atoms with Crippen molar-refractivity contribution in [3.8, 4) is 11.8 Å². The van der Waals surface area contributed by atoms with Crippen LogP contribution in [0.1, 0.15) is 5.56 Å². The van der Waals surface area contributed by atoms with Crippen LogP contribution in [0.3, 0.4) is 0 Å². The molecule has 0 aliphatic heterocycles. The molecule has 0 saturated carbocycles. The van der Waals surface area contributed by atoms with Crippen molar-refractivity contribution in [2.75, 3.05) is 0 Å². The highest BCUT2D eigenvalue weighted by molar-refractivity contribution is 7.71. The van der Waals surface area contributed by atoms with E-state index in [9.17, 15) is 0 Å². The quantitative estimate of drug-likeness (QED) is 0.650. The second kappa shape index (κ2) is 4.95. The third-order valence-electron chi connectivity index (χ3n) is 2.96. The van der Waals surface area contributed by atoms with Gasteiger partial charge in [0.1, 0.15) is 0 Å². The van der Waals surface area contributed by atoms with Crippen molar-refractivity contribution in [2.24, 2.45) is 0 Å². The maximum atomic E-state index is 9.02. The number of benzene rings is 2. The molecule has 1 heterocycles. The van der Waals surface area contributed by atoms with Gasteiger partial charge in [-0.2, -0.15) is 5.26 Å². The Morgan fingerprint density at radius 1 is 1.15 bits per heavy atom. The van der Waals surface area contributed by atoms with Crippen LogP contribution in [0.2, 0.25) is 10.0 Å². The Morgan fingerprint density at radius 3 is 2.65 bits per heavy atom. The zero-order chi connectivity index (χ0) is 14.3. The summed E-state index contributed by atoms with van der Waals surface area (Å²) in [4.78, 5) is 3.10. The molecule has 3 aromatic rings. The van der Waals surface area contributed by atoms with Gasteiger partial charge in [-0.3, -0.25) is 4.57 Å². The summed E-state index contributed by atoms with van der Waals surface area (Å²) >= 11 is 17.5. The molecule has 0 atom stereocenters. The molecule has 3 rings (SSSR count). The molecular formula is C14H7Cl2N3S. The lowest BCUT2D eigenvalue weighted by Gasteiger charge is -2.07. The van der Waals surface area contributed by atoms with Crippen LogP contribution in [0, 0.1) is 16.1 Å². The van der Waals surface area contributed by atoms with Crippen molar-refractivity contribution < 1.29 is 0 Å². The Morgan fingerprint density at radius 2 is 1.95 bits per heavy atom. The molecule has 0 amide bonds. The number of hydrogen-bond acceptors (Lipinski definition) is 2. The predicted molar refractivity (Wildman–Crippen MR) is 83.2 cm³/mol. The fourth-order valence-corrected chi connectivity index (χ4v) is 2.87. The molecule has 0 aliphatic carbocycles. The molecule has 0 unspecified atom stereocenters. The number of H-pyrrole nitrogens is 1. The smallest absolute Gasteiger partial charge is 0.182 e. The summed E-state index contributed by atoms with van der Waals surface area (Å²) in [5.41, 5.74) is 2.94. The Kier molecular flexibility index (Phi) is 3.27. The third kappa shape index (κ3) is 2.10. The SMILES string of the molecule is N#Cc1ccc2[nH]c(=S)n(-c3ccc(Cl)cc3Cl)c2c1. The third-order valence-corrected chi connectivity index (χ3v) is 3.79. The minimum Gasteiger partial charge on any atom is -0.330 e. The number of aromatic amines is 1.